The van der Waals surface area contributed by atoms with Crippen LogP contribution in [-0.4, -0.2) is 105 Å². The van der Waals surface area contributed by atoms with Crippen LogP contribution in [-0.2, 0) is 11.3 Å². The van der Waals surface area contributed by atoms with E-state index in [2.05, 4.69) is 74.5 Å². The fourth-order valence-electron chi connectivity index (χ4n) is 4.48. The van der Waals surface area contributed by atoms with Gasteiger partial charge in [-0.2, -0.15) is 0 Å². The van der Waals surface area contributed by atoms with Crippen LogP contribution in [0.3, 0.4) is 0 Å². The molecule has 2 saturated heterocycles. The highest BCUT2D eigenvalue weighted by molar-refractivity contribution is 14.0. The first-order valence-electron chi connectivity index (χ1n) is 12.3. The van der Waals surface area contributed by atoms with Crippen molar-refractivity contribution < 1.29 is 4.74 Å². The van der Waals surface area contributed by atoms with Crippen LogP contribution in [0.4, 0.5) is 0 Å². The highest BCUT2D eigenvalue weighted by Gasteiger charge is 2.28. The van der Waals surface area contributed by atoms with Gasteiger partial charge in [0.2, 0.25) is 0 Å². The molecule has 1 aromatic rings. The molecule has 7 nitrogen and oxygen atoms in total. The molecule has 2 aliphatic heterocycles. The van der Waals surface area contributed by atoms with Crippen molar-refractivity contribution in [3.8, 4) is 0 Å². The van der Waals surface area contributed by atoms with Crippen LogP contribution in [0.5, 0.6) is 0 Å². The normalized spacial score (nSPS) is 19.2. The van der Waals surface area contributed by atoms with E-state index in [1.807, 2.05) is 7.05 Å². The average molecular weight is 573 g/mol. The summed E-state index contributed by atoms with van der Waals surface area (Å²) in [4.78, 5) is 12.1. The number of hydrogen-bond acceptors (Lipinski definition) is 5. The Kier molecular flexibility index (Phi) is 13.0. The molecule has 3 rings (SSSR count). The van der Waals surface area contributed by atoms with Gasteiger partial charge in [0.05, 0.1) is 13.2 Å². The number of aliphatic imine (C=N–C) groups is 1. The van der Waals surface area contributed by atoms with Gasteiger partial charge in [0.15, 0.2) is 5.96 Å². The minimum atomic E-state index is 0. The second-order valence-corrected chi connectivity index (χ2v) is 9.57. The van der Waals surface area contributed by atoms with E-state index in [-0.39, 0.29) is 29.5 Å². The third kappa shape index (κ3) is 10.1. The summed E-state index contributed by atoms with van der Waals surface area (Å²) in [5.74, 6) is 0.904. The van der Waals surface area contributed by atoms with E-state index < -0.39 is 0 Å². The number of hydrogen-bond donors (Lipinski definition) is 2. The van der Waals surface area contributed by atoms with Gasteiger partial charge in [0.1, 0.15) is 0 Å². The molecule has 0 spiro atoms. The van der Waals surface area contributed by atoms with Crippen LogP contribution in [0.1, 0.15) is 32.3 Å². The molecule has 0 amide bonds. The largest absolute Gasteiger partial charge is 0.379 e. The average Bonchev–Trinajstić information content (AvgIpc) is 2.83. The summed E-state index contributed by atoms with van der Waals surface area (Å²) in [6.45, 7) is 17.1. The van der Waals surface area contributed by atoms with Crippen molar-refractivity contribution in [2.24, 2.45) is 4.99 Å². The van der Waals surface area contributed by atoms with Crippen LogP contribution in [0.2, 0.25) is 0 Å². The van der Waals surface area contributed by atoms with E-state index in [1.54, 1.807) is 0 Å². The van der Waals surface area contributed by atoms with Crippen LogP contribution in [0.25, 0.3) is 0 Å². The maximum absolute atomic E-state index is 5.49. The maximum atomic E-state index is 5.49. The highest BCUT2D eigenvalue weighted by Crippen LogP contribution is 2.15. The molecule has 33 heavy (non-hydrogen) atoms. The van der Waals surface area contributed by atoms with Gasteiger partial charge in [-0.25, -0.2) is 0 Å². The number of nitrogens with one attached hydrogen (secondary N) is 2. The molecule has 8 heteroatoms. The summed E-state index contributed by atoms with van der Waals surface area (Å²) in [6, 6.07) is 10.8. The number of piperazine rings is 1. The molecule has 0 bridgehead atoms. The molecule has 2 N–H and O–H groups in total. The number of benzene rings is 1. The van der Waals surface area contributed by atoms with Crippen molar-refractivity contribution in [1.29, 1.82) is 0 Å². The SMILES string of the molecule is CN=C(NCCCCN1CCN(Cc2ccccc2)CC1)NCC(C)(C)N1CCOCC1.I. The van der Waals surface area contributed by atoms with Gasteiger partial charge in [-0.05, 0) is 38.8 Å². The molecular weight excluding hydrogens is 527 g/mol. The minimum absolute atomic E-state index is 0. The number of morpholine rings is 1. The third-order valence-corrected chi connectivity index (χ3v) is 6.69. The summed E-state index contributed by atoms with van der Waals surface area (Å²) in [5.41, 5.74) is 1.51. The van der Waals surface area contributed by atoms with Crippen molar-refractivity contribution in [3.63, 3.8) is 0 Å². The fourth-order valence-corrected chi connectivity index (χ4v) is 4.48. The van der Waals surface area contributed by atoms with Gasteiger partial charge in [0.25, 0.3) is 0 Å². The molecular formula is C25H45IN6O. The Morgan fingerprint density at radius 3 is 2.27 bits per heavy atom. The second-order valence-electron chi connectivity index (χ2n) is 9.57. The summed E-state index contributed by atoms with van der Waals surface area (Å²) in [6.07, 6.45) is 2.39. The molecule has 0 atom stereocenters. The molecule has 2 heterocycles. The van der Waals surface area contributed by atoms with E-state index in [1.165, 1.54) is 44.7 Å². The molecule has 0 aliphatic carbocycles. The molecule has 2 fully saturated rings. The van der Waals surface area contributed by atoms with E-state index in [4.69, 9.17) is 4.74 Å². The zero-order valence-corrected chi connectivity index (χ0v) is 23.2. The van der Waals surface area contributed by atoms with Gasteiger partial charge in [-0.3, -0.25) is 14.8 Å². The summed E-state index contributed by atoms with van der Waals surface area (Å²) >= 11 is 0. The van der Waals surface area contributed by atoms with Gasteiger partial charge in [-0.1, -0.05) is 30.3 Å². The number of nitrogens with zero attached hydrogens (tertiary/aromatic N) is 4. The quantitative estimate of drug-likeness (QED) is 0.195. The van der Waals surface area contributed by atoms with Gasteiger partial charge < -0.3 is 20.3 Å². The lowest BCUT2D eigenvalue weighted by Crippen LogP contribution is -2.56. The molecule has 188 valence electrons. The van der Waals surface area contributed by atoms with Gasteiger partial charge in [0, 0.05) is 71.5 Å². The first-order chi connectivity index (χ1) is 15.6. The summed E-state index contributed by atoms with van der Waals surface area (Å²) < 4.78 is 5.49. The monoisotopic (exact) mass is 572 g/mol. The molecule has 1 aromatic carbocycles. The van der Waals surface area contributed by atoms with Crippen LogP contribution < -0.4 is 10.6 Å². The molecule has 0 saturated carbocycles. The van der Waals surface area contributed by atoms with Crippen molar-refractivity contribution >= 4 is 29.9 Å². The van der Waals surface area contributed by atoms with Crippen LogP contribution in [0.15, 0.2) is 35.3 Å². The lowest BCUT2D eigenvalue weighted by atomic mass is 10.0. The van der Waals surface area contributed by atoms with Crippen molar-refractivity contribution in [1.82, 2.24) is 25.3 Å². The predicted molar refractivity (Wildman–Crippen MR) is 149 cm³/mol. The molecule has 0 radical (unpaired) electrons. The highest BCUT2D eigenvalue weighted by atomic mass is 127. The zero-order valence-electron chi connectivity index (χ0n) is 20.9. The third-order valence-electron chi connectivity index (χ3n) is 6.69. The molecule has 2 aliphatic rings. The zero-order chi connectivity index (χ0) is 22.7. The standard InChI is InChI=1S/C25H44N6O.HI/c1-25(2,31-17-19-32-20-18-31)22-28-24(26-3)27-11-7-8-12-29-13-15-30(16-14-29)21-23-9-5-4-6-10-23;/h4-6,9-10H,7-8,11-22H2,1-3H3,(H2,26,27,28);1H. The topological polar surface area (TPSA) is 55.4 Å². The number of rotatable bonds is 10. The maximum Gasteiger partial charge on any atom is 0.191 e. The number of unbranched alkanes of at least 4 members (excludes halogenated alkanes) is 1. The van der Waals surface area contributed by atoms with Gasteiger partial charge in [-0.15, -0.1) is 24.0 Å². The molecule has 0 unspecified atom stereocenters. The van der Waals surface area contributed by atoms with E-state index in [9.17, 15) is 0 Å². The fraction of sp³-hybridized carbons (Fsp3) is 0.720. The number of guanidine groups is 1. The van der Waals surface area contributed by atoms with Gasteiger partial charge >= 0.3 is 0 Å². The smallest absolute Gasteiger partial charge is 0.191 e. The van der Waals surface area contributed by atoms with Crippen molar-refractivity contribution in [3.05, 3.63) is 35.9 Å². The summed E-state index contributed by atoms with van der Waals surface area (Å²) in [5, 5.41) is 7.00. The Morgan fingerprint density at radius 2 is 1.61 bits per heavy atom. The van der Waals surface area contributed by atoms with E-state index in [0.717, 1.165) is 58.3 Å². The lowest BCUT2D eigenvalue weighted by Gasteiger charge is -2.41. The minimum Gasteiger partial charge on any atom is -0.379 e. The Labute approximate surface area is 218 Å². The first-order valence-corrected chi connectivity index (χ1v) is 12.3. The van der Waals surface area contributed by atoms with E-state index >= 15 is 0 Å². The molecule has 0 aromatic heterocycles. The van der Waals surface area contributed by atoms with E-state index in [0.29, 0.717) is 0 Å². The van der Waals surface area contributed by atoms with Crippen LogP contribution >= 0.6 is 24.0 Å². The van der Waals surface area contributed by atoms with Crippen molar-refractivity contribution in [2.45, 2.75) is 38.8 Å². The summed E-state index contributed by atoms with van der Waals surface area (Å²) in [7, 11) is 1.85. The predicted octanol–water partition coefficient (Wildman–Crippen LogP) is 2.48. The first kappa shape index (κ1) is 28.3. The Bertz CT molecular complexity index is 673. The lowest BCUT2D eigenvalue weighted by molar-refractivity contribution is -0.00833. The Balaban J connectivity index is 0.00000385. The second kappa shape index (κ2) is 15.1. The Morgan fingerprint density at radius 1 is 0.939 bits per heavy atom. The number of ether oxygens (including phenoxy) is 1. The van der Waals surface area contributed by atoms with Crippen molar-refractivity contribution in [2.75, 3.05) is 79.2 Å². The van der Waals surface area contributed by atoms with Crippen LogP contribution in [0, 0.1) is 0 Å². The Hall–Kier alpha value is -0.940. The number of halogens is 1.